The van der Waals surface area contributed by atoms with Crippen LogP contribution in [0.5, 0.6) is 0 Å². The van der Waals surface area contributed by atoms with Crippen molar-refractivity contribution in [2.75, 3.05) is 25.5 Å². The minimum Gasteiger partial charge on any atom is -0.466 e. The average Bonchev–Trinajstić information content (AvgIpc) is 3.61. The van der Waals surface area contributed by atoms with Gasteiger partial charge in [-0.3, -0.25) is 9.69 Å². The molecule has 3 heterocycles. The summed E-state index contributed by atoms with van der Waals surface area (Å²) >= 11 is 0. The Balaban J connectivity index is 1.24. The zero-order valence-electron chi connectivity index (χ0n) is 24.1. The number of fused-ring (bicyclic) bond motifs is 2. The maximum atomic E-state index is 13.9. The van der Waals surface area contributed by atoms with Crippen LogP contribution in [0.2, 0.25) is 0 Å². The highest BCUT2D eigenvalue weighted by atomic mass is 16.5. The SMILES string of the molecule is COC(=O)C1=C(C(=O)NC2CCN(Cc3ccccc3)CC2)C2CCC1(C(Cc1ccccc1)Nc1ccccc1)O2. The monoisotopic (exact) mass is 565 g/mol. The molecule has 2 bridgehead atoms. The number of nitrogens with one attached hydrogen (secondary N) is 2. The standard InChI is InChI=1S/C35H39N3O4/c1-41-34(40)32-31(33(39)37-28-18-21-38(22-19-28)24-26-13-7-3-8-14-26)29-17-20-35(32,42-29)30(23-25-11-5-2-6-12-25)36-27-15-9-4-10-16-27/h2-16,28-30,36H,17-24H2,1H3,(H,37,39). The third kappa shape index (κ3) is 5.85. The fraction of sp³-hybridized carbons (Fsp3) is 0.371. The molecule has 3 atom stereocenters. The summed E-state index contributed by atoms with van der Waals surface area (Å²) in [4.78, 5) is 29.8. The Bertz CT molecular complexity index is 1360. The van der Waals surface area contributed by atoms with Gasteiger partial charge in [0.15, 0.2) is 0 Å². The second kappa shape index (κ2) is 12.5. The van der Waals surface area contributed by atoms with Gasteiger partial charge in [0.2, 0.25) is 0 Å². The van der Waals surface area contributed by atoms with Gasteiger partial charge >= 0.3 is 5.97 Å². The number of hydrogen-bond donors (Lipinski definition) is 2. The third-order valence-corrected chi connectivity index (χ3v) is 8.91. The summed E-state index contributed by atoms with van der Waals surface area (Å²) in [5, 5.41) is 6.92. The highest BCUT2D eigenvalue weighted by Gasteiger charge is 2.60. The number of methoxy groups -OCH3 is 1. The molecule has 0 saturated carbocycles. The summed E-state index contributed by atoms with van der Waals surface area (Å²) < 4.78 is 12.0. The van der Waals surface area contributed by atoms with E-state index in [-0.39, 0.29) is 18.0 Å². The van der Waals surface area contributed by atoms with Gasteiger partial charge in [-0.2, -0.15) is 0 Å². The number of hydrogen-bond acceptors (Lipinski definition) is 6. The third-order valence-electron chi connectivity index (χ3n) is 8.91. The van der Waals surface area contributed by atoms with Crippen LogP contribution in [0, 0.1) is 0 Å². The van der Waals surface area contributed by atoms with E-state index in [1.807, 2.05) is 54.6 Å². The molecule has 2 saturated heterocycles. The van der Waals surface area contributed by atoms with Gasteiger partial charge in [0.25, 0.3) is 5.91 Å². The predicted octanol–water partition coefficient (Wildman–Crippen LogP) is 4.89. The van der Waals surface area contributed by atoms with E-state index in [1.54, 1.807) is 0 Å². The number of amides is 1. The number of piperidine rings is 1. The molecule has 1 amide bonds. The van der Waals surface area contributed by atoms with Gasteiger partial charge in [0.05, 0.1) is 30.4 Å². The molecule has 0 aliphatic carbocycles. The molecule has 2 fully saturated rings. The maximum absolute atomic E-state index is 13.9. The molecule has 3 aromatic carbocycles. The lowest BCUT2D eigenvalue weighted by Gasteiger charge is -2.37. The number of nitrogens with zero attached hydrogens (tertiary/aromatic N) is 1. The number of ether oxygens (including phenoxy) is 2. The lowest BCUT2D eigenvalue weighted by molar-refractivity contribution is -0.138. The summed E-state index contributed by atoms with van der Waals surface area (Å²) in [6.07, 6.45) is 3.23. The average molecular weight is 566 g/mol. The Hall–Kier alpha value is -3.94. The summed E-state index contributed by atoms with van der Waals surface area (Å²) in [6.45, 7) is 2.73. The maximum Gasteiger partial charge on any atom is 0.337 e. The van der Waals surface area contributed by atoms with Gasteiger partial charge in [-0.05, 0) is 55.4 Å². The van der Waals surface area contributed by atoms with Crippen LogP contribution < -0.4 is 10.6 Å². The van der Waals surface area contributed by atoms with Crippen LogP contribution in [0.15, 0.2) is 102 Å². The molecule has 218 valence electrons. The van der Waals surface area contributed by atoms with E-state index in [2.05, 4.69) is 51.9 Å². The van der Waals surface area contributed by atoms with Gasteiger partial charge in [0.1, 0.15) is 5.60 Å². The smallest absolute Gasteiger partial charge is 0.337 e. The fourth-order valence-electron chi connectivity index (χ4n) is 6.83. The number of carbonyl (C=O) groups excluding carboxylic acids is 2. The van der Waals surface area contributed by atoms with E-state index in [4.69, 9.17) is 9.47 Å². The lowest BCUT2D eigenvalue weighted by Crippen LogP contribution is -2.51. The van der Waals surface area contributed by atoms with Gasteiger partial charge in [-0.15, -0.1) is 0 Å². The Morgan fingerprint density at radius 2 is 1.52 bits per heavy atom. The number of para-hydroxylation sites is 1. The normalized spacial score (nSPS) is 23.0. The van der Waals surface area contributed by atoms with Crippen molar-refractivity contribution in [3.8, 4) is 0 Å². The topological polar surface area (TPSA) is 79.9 Å². The van der Waals surface area contributed by atoms with Gasteiger partial charge < -0.3 is 20.1 Å². The second-order valence-electron chi connectivity index (χ2n) is 11.6. The molecule has 2 N–H and O–H groups in total. The van der Waals surface area contributed by atoms with E-state index in [0.29, 0.717) is 30.4 Å². The van der Waals surface area contributed by atoms with Crippen molar-refractivity contribution in [1.82, 2.24) is 10.2 Å². The molecule has 3 aromatic rings. The Morgan fingerprint density at radius 1 is 0.905 bits per heavy atom. The summed E-state index contributed by atoms with van der Waals surface area (Å²) in [6, 6.07) is 30.4. The molecule has 7 heteroatoms. The van der Waals surface area contributed by atoms with E-state index in [9.17, 15) is 9.59 Å². The van der Waals surface area contributed by atoms with Gasteiger partial charge in [-0.25, -0.2) is 4.79 Å². The quantitative estimate of drug-likeness (QED) is 0.341. The Kier molecular flexibility index (Phi) is 8.40. The van der Waals surface area contributed by atoms with E-state index >= 15 is 0 Å². The van der Waals surface area contributed by atoms with Crippen LogP contribution in [0.25, 0.3) is 0 Å². The predicted molar refractivity (Wildman–Crippen MR) is 163 cm³/mol. The highest BCUT2D eigenvalue weighted by molar-refractivity contribution is 6.06. The zero-order chi connectivity index (χ0) is 28.9. The molecule has 3 aliphatic heterocycles. The summed E-state index contributed by atoms with van der Waals surface area (Å²) in [5.74, 6) is -0.699. The molecule has 42 heavy (non-hydrogen) atoms. The lowest BCUT2D eigenvalue weighted by atomic mass is 9.75. The van der Waals surface area contributed by atoms with Crippen LogP contribution in [0.4, 0.5) is 5.69 Å². The fourth-order valence-corrected chi connectivity index (χ4v) is 6.83. The summed E-state index contributed by atoms with van der Waals surface area (Å²) in [7, 11) is 1.38. The minimum absolute atomic E-state index is 0.0496. The second-order valence-corrected chi connectivity index (χ2v) is 11.6. The van der Waals surface area contributed by atoms with Crippen molar-refractivity contribution < 1.29 is 19.1 Å². The number of esters is 1. The van der Waals surface area contributed by atoms with E-state index < -0.39 is 17.7 Å². The molecule has 6 rings (SSSR count). The summed E-state index contributed by atoms with van der Waals surface area (Å²) in [5.41, 5.74) is 3.18. The number of carbonyl (C=O) groups is 2. The van der Waals surface area contributed by atoms with Gasteiger partial charge in [-0.1, -0.05) is 78.9 Å². The molecular weight excluding hydrogens is 526 g/mol. The molecule has 3 aliphatic rings. The molecule has 0 spiro atoms. The van der Waals surface area contributed by atoms with Crippen molar-refractivity contribution in [3.05, 3.63) is 113 Å². The highest BCUT2D eigenvalue weighted by Crippen LogP contribution is 2.51. The number of likely N-dealkylation sites (tertiary alicyclic amines) is 1. The molecular formula is C35H39N3O4. The minimum atomic E-state index is -0.977. The first-order valence-electron chi connectivity index (χ1n) is 15.0. The first-order chi connectivity index (χ1) is 20.6. The van der Waals surface area contributed by atoms with Crippen molar-refractivity contribution in [2.24, 2.45) is 0 Å². The van der Waals surface area contributed by atoms with E-state index in [1.165, 1.54) is 12.7 Å². The van der Waals surface area contributed by atoms with Crippen molar-refractivity contribution in [1.29, 1.82) is 0 Å². The number of benzene rings is 3. The Labute approximate surface area is 247 Å². The van der Waals surface area contributed by atoms with Crippen molar-refractivity contribution in [2.45, 2.75) is 62.4 Å². The molecule has 0 aromatic heterocycles. The molecule has 0 radical (unpaired) electrons. The van der Waals surface area contributed by atoms with Crippen LogP contribution in [0.1, 0.15) is 36.8 Å². The number of anilines is 1. The number of rotatable bonds is 10. The Morgan fingerprint density at radius 3 is 2.17 bits per heavy atom. The largest absolute Gasteiger partial charge is 0.466 e. The van der Waals surface area contributed by atoms with Crippen LogP contribution >= 0.6 is 0 Å². The molecule has 3 unspecified atom stereocenters. The van der Waals surface area contributed by atoms with Crippen LogP contribution in [-0.4, -0.2) is 60.8 Å². The first kappa shape index (κ1) is 28.2. The van der Waals surface area contributed by atoms with Crippen LogP contribution in [0.3, 0.4) is 0 Å². The van der Waals surface area contributed by atoms with Gasteiger partial charge in [0, 0.05) is 31.4 Å². The van der Waals surface area contributed by atoms with Crippen molar-refractivity contribution >= 4 is 17.6 Å². The van der Waals surface area contributed by atoms with E-state index in [0.717, 1.165) is 43.7 Å². The first-order valence-corrected chi connectivity index (χ1v) is 15.0. The van der Waals surface area contributed by atoms with Crippen LogP contribution in [-0.2, 0) is 32.0 Å². The molecule has 7 nitrogen and oxygen atoms in total. The zero-order valence-corrected chi connectivity index (χ0v) is 24.1. The van der Waals surface area contributed by atoms with Crippen molar-refractivity contribution in [3.63, 3.8) is 0 Å².